The number of nitrogens with two attached hydrogens (primary N) is 1. The van der Waals surface area contributed by atoms with Gasteiger partial charge in [0.25, 0.3) is 0 Å². The molecule has 2 aromatic rings. The summed E-state index contributed by atoms with van der Waals surface area (Å²) < 4.78 is 5.44. The number of aromatic nitrogens is 2. The second-order valence-electron chi connectivity index (χ2n) is 7.14. The molecule has 1 saturated carbocycles. The van der Waals surface area contributed by atoms with Crippen LogP contribution < -0.4 is 5.73 Å². The number of nitrogen functional groups attached to an aromatic ring is 1. The molecule has 1 aromatic carbocycles. The summed E-state index contributed by atoms with van der Waals surface area (Å²) in [5.41, 5.74) is 10.6. The molecule has 0 atom stereocenters. The van der Waals surface area contributed by atoms with Crippen molar-refractivity contribution < 1.29 is 4.74 Å². The van der Waals surface area contributed by atoms with Crippen LogP contribution in [0.25, 0.3) is 10.8 Å². The zero-order valence-electron chi connectivity index (χ0n) is 14.4. The third kappa shape index (κ3) is 2.98. The van der Waals surface area contributed by atoms with Gasteiger partial charge in [0.05, 0.1) is 24.6 Å². The highest BCUT2D eigenvalue weighted by Crippen LogP contribution is 2.37. The molecular formula is C19H26N4O. The number of hydrogen-bond donors (Lipinski definition) is 1. The number of morpholine rings is 1. The molecule has 2 fully saturated rings. The topological polar surface area (TPSA) is 64.3 Å². The van der Waals surface area contributed by atoms with Crippen molar-refractivity contribution in [1.82, 2.24) is 15.1 Å². The molecule has 0 bridgehead atoms. The lowest BCUT2D eigenvalue weighted by molar-refractivity contribution is 0.0343. The second kappa shape index (κ2) is 6.65. The van der Waals surface area contributed by atoms with Gasteiger partial charge in [-0.25, -0.2) is 0 Å². The third-order valence-corrected chi connectivity index (χ3v) is 5.49. The van der Waals surface area contributed by atoms with Crippen LogP contribution >= 0.6 is 0 Å². The quantitative estimate of drug-likeness (QED) is 0.879. The molecule has 2 aliphatic rings. The summed E-state index contributed by atoms with van der Waals surface area (Å²) in [7, 11) is 0. The third-order valence-electron chi connectivity index (χ3n) is 5.49. The van der Waals surface area contributed by atoms with E-state index in [1.54, 1.807) is 0 Å². The van der Waals surface area contributed by atoms with Crippen molar-refractivity contribution >= 4 is 16.5 Å². The van der Waals surface area contributed by atoms with Gasteiger partial charge in [0.2, 0.25) is 0 Å². The number of hydrogen-bond acceptors (Lipinski definition) is 5. The van der Waals surface area contributed by atoms with Gasteiger partial charge in [0.15, 0.2) is 0 Å². The van der Waals surface area contributed by atoms with E-state index in [4.69, 9.17) is 10.5 Å². The molecule has 1 aliphatic heterocycles. The lowest BCUT2D eigenvalue weighted by Crippen LogP contribution is -2.35. The summed E-state index contributed by atoms with van der Waals surface area (Å²) in [6.07, 6.45) is 5.04. The van der Waals surface area contributed by atoms with Gasteiger partial charge in [-0.15, -0.1) is 0 Å². The maximum Gasteiger partial charge on any atom is 0.0741 e. The zero-order valence-corrected chi connectivity index (χ0v) is 14.4. The molecule has 0 unspecified atom stereocenters. The van der Waals surface area contributed by atoms with E-state index in [1.807, 2.05) is 6.92 Å². The Kier molecular flexibility index (Phi) is 4.37. The maximum absolute atomic E-state index is 6.42. The van der Waals surface area contributed by atoms with Gasteiger partial charge in [-0.05, 0) is 37.5 Å². The Morgan fingerprint density at radius 1 is 1.12 bits per heavy atom. The second-order valence-corrected chi connectivity index (χ2v) is 7.14. The average Bonchev–Trinajstić information content (AvgIpc) is 3.12. The molecule has 24 heavy (non-hydrogen) atoms. The minimum Gasteiger partial charge on any atom is -0.398 e. The van der Waals surface area contributed by atoms with E-state index in [-0.39, 0.29) is 0 Å². The van der Waals surface area contributed by atoms with Gasteiger partial charge in [0.1, 0.15) is 0 Å². The number of ether oxygens (including phenoxy) is 1. The molecule has 0 spiro atoms. The minimum atomic E-state index is 0.546. The number of nitrogens with zero attached hydrogens (tertiary/aromatic N) is 3. The van der Waals surface area contributed by atoms with Crippen LogP contribution in [0.15, 0.2) is 12.1 Å². The van der Waals surface area contributed by atoms with Gasteiger partial charge < -0.3 is 10.5 Å². The number of aryl methyl sites for hydroxylation is 1. The van der Waals surface area contributed by atoms with Crippen LogP contribution in [0.1, 0.15) is 48.6 Å². The smallest absolute Gasteiger partial charge is 0.0741 e. The standard InChI is InChI=1S/C19H26N4O/c1-13-16-10-15(12-23-6-8-24-9-7-23)18(20)11-17(16)19(22-21-13)14-4-2-3-5-14/h10-11,14H,2-9,12,20H2,1H3. The summed E-state index contributed by atoms with van der Waals surface area (Å²) in [5.74, 6) is 0.546. The van der Waals surface area contributed by atoms with Crippen molar-refractivity contribution in [3.8, 4) is 0 Å². The molecule has 128 valence electrons. The van der Waals surface area contributed by atoms with Crippen molar-refractivity contribution in [2.45, 2.75) is 45.1 Å². The Bertz CT molecular complexity index is 734. The Hall–Kier alpha value is -1.72. The average molecular weight is 326 g/mol. The fourth-order valence-corrected chi connectivity index (χ4v) is 4.05. The maximum atomic E-state index is 6.42. The molecule has 4 rings (SSSR count). The summed E-state index contributed by atoms with van der Waals surface area (Å²) in [6.45, 7) is 6.48. The van der Waals surface area contributed by atoms with Crippen molar-refractivity contribution in [2.75, 3.05) is 32.0 Å². The number of anilines is 1. The first-order valence-corrected chi connectivity index (χ1v) is 9.08. The lowest BCUT2D eigenvalue weighted by Gasteiger charge is -2.27. The first-order valence-electron chi connectivity index (χ1n) is 9.08. The lowest BCUT2D eigenvalue weighted by atomic mass is 9.95. The molecule has 2 N–H and O–H groups in total. The van der Waals surface area contributed by atoms with Crippen molar-refractivity contribution in [3.63, 3.8) is 0 Å². The van der Waals surface area contributed by atoms with Gasteiger partial charge >= 0.3 is 0 Å². The highest BCUT2D eigenvalue weighted by atomic mass is 16.5. The molecule has 0 radical (unpaired) electrons. The largest absolute Gasteiger partial charge is 0.398 e. The van der Waals surface area contributed by atoms with E-state index in [1.165, 1.54) is 42.0 Å². The van der Waals surface area contributed by atoms with Crippen LogP contribution in [0.4, 0.5) is 5.69 Å². The summed E-state index contributed by atoms with van der Waals surface area (Å²) in [6, 6.07) is 4.38. The van der Waals surface area contributed by atoms with E-state index in [0.717, 1.165) is 49.9 Å². The van der Waals surface area contributed by atoms with Gasteiger partial charge in [-0.3, -0.25) is 4.90 Å². The number of fused-ring (bicyclic) bond motifs is 1. The predicted octanol–water partition coefficient (Wildman–Crippen LogP) is 3.01. The van der Waals surface area contributed by atoms with Crippen LogP contribution in [0, 0.1) is 6.92 Å². The molecular weight excluding hydrogens is 300 g/mol. The molecule has 1 aromatic heterocycles. The van der Waals surface area contributed by atoms with Crippen LogP contribution in [0.5, 0.6) is 0 Å². The Balaban J connectivity index is 1.72. The summed E-state index contributed by atoms with van der Waals surface area (Å²) >= 11 is 0. The van der Waals surface area contributed by atoms with Crippen LogP contribution in [-0.2, 0) is 11.3 Å². The van der Waals surface area contributed by atoms with Crippen molar-refractivity contribution in [2.24, 2.45) is 0 Å². The van der Waals surface area contributed by atoms with Crippen LogP contribution in [0.3, 0.4) is 0 Å². The highest BCUT2D eigenvalue weighted by molar-refractivity contribution is 5.90. The number of rotatable bonds is 3. The number of benzene rings is 1. The monoisotopic (exact) mass is 326 g/mol. The molecule has 5 nitrogen and oxygen atoms in total. The van der Waals surface area contributed by atoms with E-state index >= 15 is 0 Å². The first-order chi connectivity index (χ1) is 11.7. The Morgan fingerprint density at radius 2 is 1.88 bits per heavy atom. The fourth-order valence-electron chi connectivity index (χ4n) is 4.05. The predicted molar refractivity (Wildman–Crippen MR) is 96.0 cm³/mol. The molecule has 5 heteroatoms. The normalized spacial score (nSPS) is 20.0. The molecule has 1 saturated heterocycles. The summed E-state index contributed by atoms with van der Waals surface area (Å²) in [4.78, 5) is 2.41. The molecule has 1 aliphatic carbocycles. The van der Waals surface area contributed by atoms with E-state index in [9.17, 15) is 0 Å². The van der Waals surface area contributed by atoms with E-state index < -0.39 is 0 Å². The highest BCUT2D eigenvalue weighted by Gasteiger charge is 2.22. The fraction of sp³-hybridized carbons (Fsp3) is 0.579. The van der Waals surface area contributed by atoms with Crippen LogP contribution in [0.2, 0.25) is 0 Å². The van der Waals surface area contributed by atoms with Crippen molar-refractivity contribution in [3.05, 3.63) is 29.1 Å². The van der Waals surface area contributed by atoms with Crippen LogP contribution in [-0.4, -0.2) is 41.4 Å². The van der Waals surface area contributed by atoms with Crippen molar-refractivity contribution in [1.29, 1.82) is 0 Å². The Labute approximate surface area is 143 Å². The molecule has 0 amide bonds. The first kappa shape index (κ1) is 15.8. The van der Waals surface area contributed by atoms with Gasteiger partial charge in [-0.2, -0.15) is 10.2 Å². The summed E-state index contributed by atoms with van der Waals surface area (Å²) in [5, 5.41) is 11.4. The molecule has 2 heterocycles. The Morgan fingerprint density at radius 3 is 2.62 bits per heavy atom. The van der Waals surface area contributed by atoms with Gasteiger partial charge in [-0.1, -0.05) is 12.8 Å². The van der Waals surface area contributed by atoms with E-state index in [2.05, 4.69) is 27.2 Å². The SMILES string of the molecule is Cc1nnc(C2CCCC2)c2cc(N)c(CN3CCOCC3)cc12. The van der Waals surface area contributed by atoms with E-state index in [0.29, 0.717) is 5.92 Å². The van der Waals surface area contributed by atoms with Gasteiger partial charge in [0, 0.05) is 42.0 Å². The zero-order chi connectivity index (χ0) is 16.5. The minimum absolute atomic E-state index is 0.546.